The summed E-state index contributed by atoms with van der Waals surface area (Å²) in [7, 11) is 0. The number of urea groups is 1. The Kier molecular flexibility index (Phi) is 4.88. The molecule has 6 heteroatoms. The summed E-state index contributed by atoms with van der Waals surface area (Å²) in [6.45, 7) is 4.41. The third kappa shape index (κ3) is 4.97. The Hall–Kier alpha value is -2.08. The van der Waals surface area contributed by atoms with Gasteiger partial charge >= 0.3 is 6.03 Å². The highest BCUT2D eigenvalue weighted by Crippen LogP contribution is 2.07. The topological polar surface area (TPSA) is 110 Å². The number of hydrogen-bond acceptors (Lipinski definition) is 3. The molecule has 0 aliphatic heterocycles. The van der Waals surface area contributed by atoms with E-state index in [1.807, 2.05) is 13.8 Å². The number of amides is 3. The molecule has 0 aromatic heterocycles. The molecule has 0 radical (unpaired) electrons. The van der Waals surface area contributed by atoms with Gasteiger partial charge < -0.3 is 22.1 Å². The van der Waals surface area contributed by atoms with E-state index >= 15 is 0 Å². The van der Waals surface area contributed by atoms with E-state index in [4.69, 9.17) is 11.5 Å². The van der Waals surface area contributed by atoms with Crippen molar-refractivity contribution in [2.45, 2.75) is 25.9 Å². The van der Waals surface area contributed by atoms with Gasteiger partial charge in [-0.1, -0.05) is 12.1 Å². The van der Waals surface area contributed by atoms with Crippen LogP contribution in [0.25, 0.3) is 0 Å². The largest absolute Gasteiger partial charge is 0.352 e. The van der Waals surface area contributed by atoms with Crippen molar-refractivity contribution in [2.24, 2.45) is 11.5 Å². The Morgan fingerprint density at radius 2 is 1.79 bits per heavy atom. The quantitative estimate of drug-likeness (QED) is 0.614. The van der Waals surface area contributed by atoms with Crippen LogP contribution in [-0.2, 0) is 6.54 Å². The van der Waals surface area contributed by atoms with E-state index in [9.17, 15) is 9.59 Å². The van der Waals surface area contributed by atoms with Crippen molar-refractivity contribution in [2.75, 3.05) is 6.54 Å². The van der Waals surface area contributed by atoms with E-state index in [1.54, 1.807) is 24.3 Å². The SMILES string of the molecule is CC(C)(CN)NC(=O)c1ccc(CNC(N)=O)cc1. The van der Waals surface area contributed by atoms with E-state index in [1.165, 1.54) is 0 Å². The number of primary amides is 1. The fourth-order valence-electron chi connectivity index (χ4n) is 1.39. The third-order valence-electron chi connectivity index (χ3n) is 2.65. The van der Waals surface area contributed by atoms with Crippen LogP contribution in [0, 0.1) is 0 Å². The molecule has 0 unspecified atom stereocenters. The minimum Gasteiger partial charge on any atom is -0.352 e. The van der Waals surface area contributed by atoms with Crippen LogP contribution in [0.5, 0.6) is 0 Å². The van der Waals surface area contributed by atoms with Crippen molar-refractivity contribution >= 4 is 11.9 Å². The van der Waals surface area contributed by atoms with Crippen LogP contribution in [-0.4, -0.2) is 24.0 Å². The summed E-state index contributed by atoms with van der Waals surface area (Å²) in [5, 5.41) is 5.32. The lowest BCUT2D eigenvalue weighted by Crippen LogP contribution is -2.48. The number of carbonyl (C=O) groups is 2. The van der Waals surface area contributed by atoms with Gasteiger partial charge in [0, 0.05) is 24.2 Å². The van der Waals surface area contributed by atoms with Gasteiger partial charge in [-0.3, -0.25) is 4.79 Å². The Labute approximate surface area is 112 Å². The molecule has 0 atom stereocenters. The van der Waals surface area contributed by atoms with Crippen LogP contribution in [0.15, 0.2) is 24.3 Å². The van der Waals surface area contributed by atoms with E-state index in [0.717, 1.165) is 5.56 Å². The maximum absolute atomic E-state index is 11.9. The molecule has 0 fully saturated rings. The summed E-state index contributed by atoms with van der Waals surface area (Å²) >= 11 is 0. The second kappa shape index (κ2) is 6.19. The Morgan fingerprint density at radius 1 is 1.21 bits per heavy atom. The standard InChI is InChI=1S/C13H20N4O2/c1-13(2,8-14)17-11(18)10-5-3-9(4-6-10)7-16-12(15)19/h3-6H,7-8,14H2,1-2H3,(H,17,18)(H3,15,16,19). The van der Waals surface area contributed by atoms with Crippen LogP contribution in [0.4, 0.5) is 4.79 Å². The van der Waals surface area contributed by atoms with E-state index in [-0.39, 0.29) is 5.91 Å². The maximum Gasteiger partial charge on any atom is 0.312 e. The third-order valence-corrected chi connectivity index (χ3v) is 2.65. The second-order valence-corrected chi connectivity index (χ2v) is 4.96. The van der Waals surface area contributed by atoms with Crippen LogP contribution in [0.2, 0.25) is 0 Å². The molecule has 3 amide bonds. The molecule has 0 aliphatic carbocycles. The smallest absolute Gasteiger partial charge is 0.312 e. The van der Waals surface area contributed by atoms with E-state index < -0.39 is 11.6 Å². The number of nitrogens with one attached hydrogen (secondary N) is 2. The summed E-state index contributed by atoms with van der Waals surface area (Å²) < 4.78 is 0. The average molecular weight is 264 g/mol. The van der Waals surface area contributed by atoms with Crippen molar-refractivity contribution in [3.8, 4) is 0 Å². The van der Waals surface area contributed by atoms with Crippen LogP contribution in [0.3, 0.4) is 0 Å². The fourth-order valence-corrected chi connectivity index (χ4v) is 1.39. The highest BCUT2D eigenvalue weighted by atomic mass is 16.2. The summed E-state index contributed by atoms with van der Waals surface area (Å²) in [5.74, 6) is -0.176. The second-order valence-electron chi connectivity index (χ2n) is 4.96. The highest BCUT2D eigenvalue weighted by molar-refractivity contribution is 5.94. The molecule has 6 N–H and O–H groups in total. The zero-order chi connectivity index (χ0) is 14.5. The molecule has 1 rings (SSSR count). The van der Waals surface area contributed by atoms with Gasteiger partial charge in [0.05, 0.1) is 0 Å². The first kappa shape index (κ1) is 15.0. The summed E-state index contributed by atoms with van der Waals surface area (Å²) in [6, 6.07) is 6.34. The van der Waals surface area contributed by atoms with Crippen LogP contribution in [0.1, 0.15) is 29.8 Å². The molecule has 0 heterocycles. The molecule has 104 valence electrons. The summed E-state index contributed by atoms with van der Waals surface area (Å²) in [6.07, 6.45) is 0. The zero-order valence-corrected chi connectivity index (χ0v) is 11.2. The zero-order valence-electron chi connectivity index (χ0n) is 11.2. The van der Waals surface area contributed by atoms with Gasteiger partial charge in [-0.15, -0.1) is 0 Å². The maximum atomic E-state index is 11.9. The number of rotatable bonds is 5. The first-order chi connectivity index (χ1) is 8.84. The minimum absolute atomic E-state index is 0.176. The van der Waals surface area contributed by atoms with Gasteiger partial charge in [-0.2, -0.15) is 0 Å². The first-order valence-corrected chi connectivity index (χ1v) is 5.99. The van der Waals surface area contributed by atoms with Gasteiger partial charge in [0.15, 0.2) is 0 Å². The van der Waals surface area contributed by atoms with E-state index in [0.29, 0.717) is 18.7 Å². The molecule has 1 aromatic rings. The number of carbonyl (C=O) groups excluding carboxylic acids is 2. The Balaban J connectivity index is 2.65. The molecular formula is C13H20N4O2. The normalized spacial score (nSPS) is 10.9. The average Bonchev–Trinajstić information content (AvgIpc) is 2.36. The molecule has 0 saturated carbocycles. The predicted molar refractivity (Wildman–Crippen MR) is 73.5 cm³/mol. The molecule has 0 spiro atoms. The number of nitrogens with two attached hydrogens (primary N) is 2. The van der Waals surface area contributed by atoms with Gasteiger partial charge in [0.1, 0.15) is 0 Å². The minimum atomic E-state index is -0.577. The van der Waals surface area contributed by atoms with Gasteiger partial charge in [0.25, 0.3) is 5.91 Å². The lowest BCUT2D eigenvalue weighted by atomic mass is 10.0. The first-order valence-electron chi connectivity index (χ1n) is 5.99. The van der Waals surface area contributed by atoms with Crippen LogP contribution >= 0.6 is 0 Å². The number of benzene rings is 1. The van der Waals surface area contributed by atoms with Gasteiger partial charge in [-0.25, -0.2) is 4.79 Å². The van der Waals surface area contributed by atoms with E-state index in [2.05, 4.69) is 10.6 Å². The Bertz CT molecular complexity index is 454. The lowest BCUT2D eigenvalue weighted by Gasteiger charge is -2.24. The lowest BCUT2D eigenvalue weighted by molar-refractivity contribution is 0.0915. The van der Waals surface area contributed by atoms with Crippen molar-refractivity contribution in [3.63, 3.8) is 0 Å². The van der Waals surface area contributed by atoms with Gasteiger partial charge in [-0.05, 0) is 31.5 Å². The molecule has 1 aromatic carbocycles. The molecule has 0 bridgehead atoms. The summed E-state index contributed by atoms with van der Waals surface area (Å²) in [4.78, 5) is 22.5. The molecule has 0 saturated heterocycles. The van der Waals surface area contributed by atoms with Crippen molar-refractivity contribution < 1.29 is 9.59 Å². The molecule has 0 aliphatic rings. The molecule has 19 heavy (non-hydrogen) atoms. The van der Waals surface area contributed by atoms with Crippen molar-refractivity contribution in [1.82, 2.24) is 10.6 Å². The molecule has 6 nitrogen and oxygen atoms in total. The van der Waals surface area contributed by atoms with Crippen molar-refractivity contribution in [1.29, 1.82) is 0 Å². The van der Waals surface area contributed by atoms with Crippen molar-refractivity contribution in [3.05, 3.63) is 35.4 Å². The predicted octanol–water partition coefficient (Wildman–Crippen LogP) is 0.322. The van der Waals surface area contributed by atoms with Crippen LogP contribution < -0.4 is 22.1 Å². The highest BCUT2D eigenvalue weighted by Gasteiger charge is 2.18. The molecular weight excluding hydrogens is 244 g/mol. The number of hydrogen-bond donors (Lipinski definition) is 4. The Morgan fingerprint density at radius 3 is 2.26 bits per heavy atom. The summed E-state index contributed by atoms with van der Waals surface area (Å²) in [5.41, 5.74) is 11.5. The van der Waals surface area contributed by atoms with Gasteiger partial charge in [0.2, 0.25) is 0 Å². The fraction of sp³-hybridized carbons (Fsp3) is 0.385. The monoisotopic (exact) mass is 264 g/mol.